The van der Waals surface area contributed by atoms with E-state index in [4.69, 9.17) is 0 Å². The van der Waals surface area contributed by atoms with E-state index < -0.39 is 4.92 Å². The standard InChI is InChI=1S/C16H19N5O3.ClH/c1-11-12(2)19(10-8-17-11)16(22)15-7-9-20(18-15)13-3-5-14(6-4-13)21(23)24;/h3-7,9,11-12,17H,8,10H2,1-2H3;1H. The average Bonchev–Trinajstić information content (AvgIpc) is 3.07. The number of hydrogen-bond donors (Lipinski definition) is 1. The minimum Gasteiger partial charge on any atom is -0.332 e. The molecule has 0 spiro atoms. The molecular weight excluding hydrogens is 346 g/mol. The summed E-state index contributed by atoms with van der Waals surface area (Å²) in [4.78, 5) is 24.8. The predicted octanol–water partition coefficient (Wildman–Crippen LogP) is 2.02. The Bertz CT molecular complexity index is 761. The van der Waals surface area contributed by atoms with Gasteiger partial charge in [-0.3, -0.25) is 14.9 Å². The fourth-order valence-electron chi connectivity index (χ4n) is 2.80. The van der Waals surface area contributed by atoms with E-state index in [0.717, 1.165) is 6.54 Å². The highest BCUT2D eigenvalue weighted by Gasteiger charge is 2.29. The molecule has 1 aromatic heterocycles. The van der Waals surface area contributed by atoms with E-state index in [0.29, 0.717) is 17.9 Å². The van der Waals surface area contributed by atoms with Crippen LogP contribution in [0.5, 0.6) is 0 Å². The Morgan fingerprint density at radius 1 is 1.28 bits per heavy atom. The first-order chi connectivity index (χ1) is 11.5. The van der Waals surface area contributed by atoms with Crippen molar-refractivity contribution < 1.29 is 9.72 Å². The Labute approximate surface area is 151 Å². The monoisotopic (exact) mass is 365 g/mol. The highest BCUT2D eigenvalue weighted by atomic mass is 35.5. The van der Waals surface area contributed by atoms with E-state index in [1.54, 1.807) is 29.1 Å². The maximum absolute atomic E-state index is 12.7. The van der Waals surface area contributed by atoms with Gasteiger partial charge in [0, 0.05) is 43.5 Å². The summed E-state index contributed by atoms with van der Waals surface area (Å²) in [5.41, 5.74) is 1.06. The fourth-order valence-corrected chi connectivity index (χ4v) is 2.80. The zero-order valence-electron chi connectivity index (χ0n) is 14.0. The number of aromatic nitrogens is 2. The fraction of sp³-hybridized carbons (Fsp3) is 0.375. The third-order valence-corrected chi connectivity index (χ3v) is 4.43. The molecule has 0 saturated carbocycles. The Balaban J connectivity index is 0.00000225. The van der Waals surface area contributed by atoms with Gasteiger partial charge in [0.25, 0.3) is 11.6 Å². The lowest BCUT2D eigenvalue weighted by Crippen LogP contribution is -2.57. The highest BCUT2D eigenvalue weighted by molar-refractivity contribution is 5.92. The second kappa shape index (κ2) is 7.62. The van der Waals surface area contributed by atoms with Crippen LogP contribution in [0.3, 0.4) is 0 Å². The Hall–Kier alpha value is -2.45. The molecule has 1 fully saturated rings. The topological polar surface area (TPSA) is 93.3 Å². The Morgan fingerprint density at radius 3 is 2.60 bits per heavy atom. The molecule has 0 radical (unpaired) electrons. The number of halogens is 1. The minimum atomic E-state index is -0.450. The molecule has 2 atom stereocenters. The summed E-state index contributed by atoms with van der Waals surface area (Å²) in [7, 11) is 0. The van der Waals surface area contributed by atoms with Crippen molar-refractivity contribution in [3.63, 3.8) is 0 Å². The maximum Gasteiger partial charge on any atom is 0.274 e. The van der Waals surface area contributed by atoms with Crippen LogP contribution in [0.25, 0.3) is 5.69 Å². The SMILES string of the molecule is CC1NCCN(C(=O)c2ccn(-c3ccc([N+](=O)[O-])cc3)n2)C1C.Cl. The van der Waals surface area contributed by atoms with Crippen LogP contribution in [0.15, 0.2) is 36.5 Å². The predicted molar refractivity (Wildman–Crippen MR) is 95.4 cm³/mol. The molecule has 1 amide bonds. The largest absolute Gasteiger partial charge is 0.332 e. The third kappa shape index (κ3) is 3.80. The van der Waals surface area contributed by atoms with E-state index in [1.165, 1.54) is 12.1 Å². The first kappa shape index (κ1) is 18.9. The molecule has 2 heterocycles. The summed E-state index contributed by atoms with van der Waals surface area (Å²) >= 11 is 0. The molecule has 25 heavy (non-hydrogen) atoms. The highest BCUT2D eigenvalue weighted by Crippen LogP contribution is 2.17. The van der Waals surface area contributed by atoms with Crippen LogP contribution < -0.4 is 5.32 Å². The summed E-state index contributed by atoms with van der Waals surface area (Å²) < 4.78 is 1.55. The molecule has 8 nitrogen and oxygen atoms in total. The van der Waals surface area contributed by atoms with Crippen LogP contribution in [-0.2, 0) is 0 Å². The van der Waals surface area contributed by atoms with Crippen LogP contribution in [-0.4, -0.2) is 50.7 Å². The van der Waals surface area contributed by atoms with Crippen molar-refractivity contribution in [2.24, 2.45) is 0 Å². The number of benzene rings is 1. The molecule has 2 unspecified atom stereocenters. The summed E-state index contributed by atoms with van der Waals surface area (Å²) in [5, 5.41) is 18.4. The van der Waals surface area contributed by atoms with Crippen LogP contribution in [0.2, 0.25) is 0 Å². The van der Waals surface area contributed by atoms with Gasteiger partial charge < -0.3 is 10.2 Å². The van der Waals surface area contributed by atoms with Gasteiger partial charge in [-0.2, -0.15) is 5.10 Å². The number of carbonyl (C=O) groups excluding carboxylic acids is 1. The second-order valence-corrected chi connectivity index (χ2v) is 5.90. The molecule has 1 N–H and O–H groups in total. The lowest BCUT2D eigenvalue weighted by Gasteiger charge is -2.38. The van der Waals surface area contributed by atoms with E-state index in [-0.39, 0.29) is 36.1 Å². The zero-order chi connectivity index (χ0) is 17.3. The summed E-state index contributed by atoms with van der Waals surface area (Å²) in [6, 6.07) is 8.04. The number of amides is 1. The number of nitrogens with zero attached hydrogens (tertiary/aromatic N) is 4. The van der Waals surface area contributed by atoms with Gasteiger partial charge in [0.1, 0.15) is 0 Å². The number of non-ortho nitro benzene ring substituents is 1. The van der Waals surface area contributed by atoms with Gasteiger partial charge >= 0.3 is 0 Å². The molecule has 1 saturated heterocycles. The first-order valence-electron chi connectivity index (χ1n) is 7.82. The number of nitrogens with one attached hydrogen (secondary N) is 1. The number of piperazine rings is 1. The van der Waals surface area contributed by atoms with Crippen molar-refractivity contribution in [3.05, 3.63) is 52.3 Å². The average molecular weight is 366 g/mol. The number of nitro groups is 1. The molecule has 1 aromatic carbocycles. The molecule has 9 heteroatoms. The van der Waals surface area contributed by atoms with Crippen LogP contribution in [0.4, 0.5) is 5.69 Å². The zero-order valence-corrected chi connectivity index (χ0v) is 14.8. The number of nitro benzene ring substituents is 1. The van der Waals surface area contributed by atoms with Crippen LogP contribution in [0, 0.1) is 10.1 Å². The number of rotatable bonds is 3. The normalized spacial score (nSPS) is 20.0. The second-order valence-electron chi connectivity index (χ2n) is 5.90. The van der Waals surface area contributed by atoms with Gasteiger partial charge in [-0.25, -0.2) is 4.68 Å². The molecular formula is C16H20ClN5O3. The van der Waals surface area contributed by atoms with Gasteiger partial charge in [0.05, 0.1) is 10.6 Å². The molecule has 134 valence electrons. The molecule has 2 aromatic rings. The van der Waals surface area contributed by atoms with E-state index in [2.05, 4.69) is 17.3 Å². The number of hydrogen-bond acceptors (Lipinski definition) is 5. The molecule has 0 bridgehead atoms. The molecule has 1 aliphatic heterocycles. The van der Waals surface area contributed by atoms with E-state index >= 15 is 0 Å². The van der Waals surface area contributed by atoms with Crippen molar-refractivity contribution in [2.45, 2.75) is 25.9 Å². The van der Waals surface area contributed by atoms with E-state index in [1.807, 2.05) is 11.8 Å². The van der Waals surface area contributed by atoms with Crippen LogP contribution in [0.1, 0.15) is 24.3 Å². The van der Waals surface area contributed by atoms with Gasteiger partial charge in [-0.05, 0) is 32.0 Å². The van der Waals surface area contributed by atoms with Crippen molar-refractivity contribution in [1.29, 1.82) is 0 Å². The van der Waals surface area contributed by atoms with Gasteiger partial charge in [0.2, 0.25) is 0 Å². The summed E-state index contributed by atoms with van der Waals surface area (Å²) in [6.45, 7) is 5.48. The quantitative estimate of drug-likeness (QED) is 0.663. The van der Waals surface area contributed by atoms with Gasteiger partial charge in [-0.15, -0.1) is 12.4 Å². The lowest BCUT2D eigenvalue weighted by molar-refractivity contribution is -0.384. The Kier molecular flexibility index (Phi) is 5.76. The van der Waals surface area contributed by atoms with E-state index in [9.17, 15) is 14.9 Å². The Morgan fingerprint density at radius 2 is 1.96 bits per heavy atom. The van der Waals surface area contributed by atoms with Gasteiger partial charge in [-0.1, -0.05) is 0 Å². The van der Waals surface area contributed by atoms with Crippen molar-refractivity contribution in [3.8, 4) is 5.69 Å². The maximum atomic E-state index is 12.7. The van der Waals surface area contributed by atoms with Crippen LogP contribution >= 0.6 is 12.4 Å². The van der Waals surface area contributed by atoms with Crippen molar-refractivity contribution in [2.75, 3.05) is 13.1 Å². The number of carbonyl (C=O) groups is 1. The molecule has 1 aliphatic rings. The lowest BCUT2D eigenvalue weighted by atomic mass is 10.1. The summed E-state index contributed by atoms with van der Waals surface area (Å²) in [6.07, 6.45) is 1.69. The first-order valence-corrected chi connectivity index (χ1v) is 7.82. The van der Waals surface area contributed by atoms with Crippen molar-refractivity contribution in [1.82, 2.24) is 20.0 Å². The molecule has 0 aliphatic carbocycles. The minimum absolute atomic E-state index is 0. The summed E-state index contributed by atoms with van der Waals surface area (Å²) in [5.74, 6) is -0.100. The van der Waals surface area contributed by atoms with Gasteiger partial charge in [0.15, 0.2) is 5.69 Å². The molecule has 3 rings (SSSR count). The smallest absolute Gasteiger partial charge is 0.274 e. The van der Waals surface area contributed by atoms with Crippen molar-refractivity contribution >= 4 is 24.0 Å². The third-order valence-electron chi connectivity index (χ3n) is 4.43.